The van der Waals surface area contributed by atoms with Crippen LogP contribution in [0.1, 0.15) is 36.0 Å². The van der Waals surface area contributed by atoms with E-state index in [0.29, 0.717) is 50.3 Å². The molecular formula is C26H31N5O4S2. The summed E-state index contributed by atoms with van der Waals surface area (Å²) in [7, 11) is -2.34. The molecule has 1 aliphatic heterocycles. The number of piperazine rings is 1. The number of rotatable bonds is 8. The van der Waals surface area contributed by atoms with Crippen LogP contribution in [0, 0.1) is 5.92 Å². The standard InChI is InChI=1S/C26H31N5O4S2/c1-27-37(33,34)21-11-12-23(35-18-19-7-5-6-8-19)22(17-21)25(32)30-13-15-31(16-14-30)26-28-24(29-36-26)20-9-3-2-4-10-20/h2-4,9-12,17,19,27H,5-8,13-16,18H2,1H3. The molecule has 0 radical (unpaired) electrons. The molecule has 1 amide bonds. The molecule has 0 unspecified atom stereocenters. The van der Waals surface area contributed by atoms with Crippen LogP contribution < -0.4 is 14.4 Å². The SMILES string of the molecule is CNS(=O)(=O)c1ccc(OCC2CCCC2)c(C(=O)N2CCN(c3nc(-c4ccccc4)ns3)CC2)c1. The third-order valence-corrected chi connectivity index (χ3v) is 9.18. The van der Waals surface area contributed by atoms with Crippen LogP contribution in [-0.4, -0.2) is 68.4 Å². The second kappa shape index (κ2) is 11.2. The number of aromatic nitrogens is 2. The van der Waals surface area contributed by atoms with Crippen LogP contribution in [0.3, 0.4) is 0 Å². The highest BCUT2D eigenvalue weighted by Gasteiger charge is 2.28. The Morgan fingerprint density at radius 3 is 2.51 bits per heavy atom. The van der Waals surface area contributed by atoms with Gasteiger partial charge in [0.25, 0.3) is 5.91 Å². The van der Waals surface area contributed by atoms with Crippen LogP contribution >= 0.6 is 11.5 Å². The Kier molecular flexibility index (Phi) is 7.73. The average molecular weight is 542 g/mol. The van der Waals surface area contributed by atoms with Crippen molar-refractivity contribution < 1.29 is 17.9 Å². The van der Waals surface area contributed by atoms with Gasteiger partial charge in [0.15, 0.2) is 5.82 Å². The van der Waals surface area contributed by atoms with Gasteiger partial charge in [0.05, 0.1) is 17.1 Å². The normalized spacial score (nSPS) is 16.8. The molecular weight excluding hydrogens is 510 g/mol. The molecule has 196 valence electrons. The minimum absolute atomic E-state index is 0.0486. The number of benzene rings is 2. The first-order valence-corrected chi connectivity index (χ1v) is 14.8. The van der Waals surface area contributed by atoms with E-state index in [4.69, 9.17) is 9.72 Å². The molecule has 37 heavy (non-hydrogen) atoms. The zero-order valence-electron chi connectivity index (χ0n) is 20.8. The molecule has 1 saturated carbocycles. The lowest BCUT2D eigenvalue weighted by atomic mass is 10.1. The summed E-state index contributed by atoms with van der Waals surface area (Å²) in [5, 5.41) is 0.827. The molecule has 2 aliphatic rings. The summed E-state index contributed by atoms with van der Waals surface area (Å²) in [4.78, 5) is 22.2. The highest BCUT2D eigenvalue weighted by molar-refractivity contribution is 7.89. The summed E-state index contributed by atoms with van der Waals surface area (Å²) in [6.07, 6.45) is 4.64. The lowest BCUT2D eigenvalue weighted by molar-refractivity contribution is 0.0741. The average Bonchev–Trinajstić information content (AvgIpc) is 3.65. The first kappa shape index (κ1) is 25.6. The Labute approximate surface area is 221 Å². The van der Waals surface area contributed by atoms with Gasteiger partial charge in [0, 0.05) is 43.3 Å². The summed E-state index contributed by atoms with van der Waals surface area (Å²) < 4.78 is 37.8. The van der Waals surface area contributed by atoms with Gasteiger partial charge < -0.3 is 14.5 Å². The third kappa shape index (κ3) is 5.78. The Hall–Kier alpha value is -3.02. The number of carbonyl (C=O) groups excluding carboxylic acids is 1. The molecule has 5 rings (SSSR count). The van der Waals surface area contributed by atoms with Crippen molar-refractivity contribution in [2.24, 2.45) is 5.92 Å². The van der Waals surface area contributed by atoms with E-state index < -0.39 is 10.0 Å². The van der Waals surface area contributed by atoms with Crippen molar-refractivity contribution >= 4 is 32.6 Å². The summed E-state index contributed by atoms with van der Waals surface area (Å²) in [6.45, 7) is 2.74. The van der Waals surface area contributed by atoms with Crippen LogP contribution in [0.25, 0.3) is 11.4 Å². The van der Waals surface area contributed by atoms with Crippen LogP contribution in [0.5, 0.6) is 5.75 Å². The number of hydrogen-bond donors (Lipinski definition) is 1. The molecule has 2 heterocycles. The molecule has 2 aromatic carbocycles. The lowest BCUT2D eigenvalue weighted by Crippen LogP contribution is -2.48. The van der Waals surface area contributed by atoms with Crippen molar-refractivity contribution in [1.82, 2.24) is 19.0 Å². The minimum Gasteiger partial charge on any atom is -0.492 e. The zero-order chi connectivity index (χ0) is 25.8. The fourth-order valence-corrected chi connectivity index (χ4v) is 6.29. The van der Waals surface area contributed by atoms with Crippen molar-refractivity contribution in [2.75, 3.05) is 44.7 Å². The third-order valence-electron chi connectivity index (χ3n) is 6.99. The van der Waals surface area contributed by atoms with Gasteiger partial charge in [-0.3, -0.25) is 4.79 Å². The summed E-state index contributed by atoms with van der Waals surface area (Å²) in [5.74, 6) is 1.38. The molecule has 0 bridgehead atoms. The minimum atomic E-state index is -3.70. The molecule has 2 fully saturated rings. The summed E-state index contributed by atoms with van der Waals surface area (Å²) >= 11 is 1.35. The van der Waals surface area contributed by atoms with E-state index in [2.05, 4.69) is 14.0 Å². The van der Waals surface area contributed by atoms with E-state index in [1.54, 1.807) is 11.0 Å². The van der Waals surface area contributed by atoms with Crippen molar-refractivity contribution in [1.29, 1.82) is 0 Å². The number of ether oxygens (including phenoxy) is 1. The predicted molar refractivity (Wildman–Crippen MR) is 144 cm³/mol. The first-order chi connectivity index (χ1) is 17.9. The van der Waals surface area contributed by atoms with Crippen LogP contribution in [0.4, 0.5) is 5.13 Å². The molecule has 0 atom stereocenters. The fraction of sp³-hybridized carbons (Fsp3) is 0.423. The Balaban J connectivity index is 1.30. The first-order valence-electron chi connectivity index (χ1n) is 12.6. The summed E-state index contributed by atoms with van der Waals surface area (Å²) in [6, 6.07) is 14.4. The fourth-order valence-electron chi connectivity index (χ4n) is 4.79. The van der Waals surface area contributed by atoms with E-state index in [1.165, 1.54) is 43.6 Å². The van der Waals surface area contributed by atoms with Crippen molar-refractivity contribution in [2.45, 2.75) is 30.6 Å². The maximum atomic E-state index is 13.6. The quantitative estimate of drug-likeness (QED) is 0.464. The number of sulfonamides is 1. The van der Waals surface area contributed by atoms with E-state index in [1.807, 2.05) is 30.3 Å². The van der Waals surface area contributed by atoms with Gasteiger partial charge >= 0.3 is 0 Å². The predicted octanol–water partition coefficient (Wildman–Crippen LogP) is 3.64. The number of hydrogen-bond acceptors (Lipinski definition) is 8. The van der Waals surface area contributed by atoms with Crippen molar-refractivity contribution in [3.8, 4) is 17.1 Å². The van der Waals surface area contributed by atoms with Gasteiger partial charge in [-0.25, -0.2) is 13.1 Å². The zero-order valence-corrected chi connectivity index (χ0v) is 22.4. The van der Waals surface area contributed by atoms with E-state index >= 15 is 0 Å². The number of amides is 1. The smallest absolute Gasteiger partial charge is 0.257 e. The number of nitrogens with one attached hydrogen (secondary N) is 1. The molecule has 9 nitrogen and oxygen atoms in total. The van der Waals surface area contributed by atoms with Gasteiger partial charge in [0.2, 0.25) is 15.2 Å². The molecule has 0 spiro atoms. The van der Waals surface area contributed by atoms with Gasteiger partial charge in [0.1, 0.15) is 5.75 Å². The molecule has 1 saturated heterocycles. The maximum absolute atomic E-state index is 13.6. The van der Waals surface area contributed by atoms with E-state index in [9.17, 15) is 13.2 Å². The molecule has 1 N–H and O–H groups in total. The molecule has 3 aromatic rings. The number of anilines is 1. The topological polar surface area (TPSA) is 105 Å². The highest BCUT2D eigenvalue weighted by atomic mass is 32.2. The van der Waals surface area contributed by atoms with E-state index in [0.717, 1.165) is 23.5 Å². The second-order valence-corrected chi connectivity index (χ2v) is 12.0. The van der Waals surface area contributed by atoms with Crippen LogP contribution in [0.2, 0.25) is 0 Å². The monoisotopic (exact) mass is 541 g/mol. The van der Waals surface area contributed by atoms with Crippen molar-refractivity contribution in [3.05, 3.63) is 54.1 Å². The van der Waals surface area contributed by atoms with Crippen LogP contribution in [0.15, 0.2) is 53.4 Å². The maximum Gasteiger partial charge on any atom is 0.257 e. The van der Waals surface area contributed by atoms with Gasteiger partial charge in [-0.15, -0.1) is 0 Å². The number of nitrogens with zero attached hydrogens (tertiary/aromatic N) is 4. The number of carbonyl (C=O) groups is 1. The molecule has 11 heteroatoms. The Bertz CT molecular complexity index is 1330. The van der Waals surface area contributed by atoms with Gasteiger partial charge in [-0.1, -0.05) is 43.2 Å². The summed E-state index contributed by atoms with van der Waals surface area (Å²) in [5.41, 5.74) is 1.26. The Morgan fingerprint density at radius 2 is 1.81 bits per heavy atom. The van der Waals surface area contributed by atoms with E-state index in [-0.39, 0.29) is 16.4 Å². The lowest BCUT2D eigenvalue weighted by Gasteiger charge is -2.34. The molecule has 1 aliphatic carbocycles. The van der Waals surface area contributed by atoms with Crippen LogP contribution in [-0.2, 0) is 10.0 Å². The van der Waals surface area contributed by atoms with Gasteiger partial charge in [-0.2, -0.15) is 9.36 Å². The van der Waals surface area contributed by atoms with Crippen molar-refractivity contribution in [3.63, 3.8) is 0 Å². The molecule has 1 aromatic heterocycles. The largest absolute Gasteiger partial charge is 0.492 e. The highest BCUT2D eigenvalue weighted by Crippen LogP contribution is 2.30. The van der Waals surface area contributed by atoms with Gasteiger partial charge in [-0.05, 0) is 44.0 Å². The Morgan fingerprint density at radius 1 is 1.08 bits per heavy atom. The second-order valence-electron chi connectivity index (χ2n) is 9.37.